The first-order valence-corrected chi connectivity index (χ1v) is 3.87. The average molecular weight is 195 g/mol. The summed E-state index contributed by atoms with van der Waals surface area (Å²) in [4.78, 5) is 0. The van der Waals surface area contributed by atoms with Crippen LogP contribution in [-0.2, 0) is 7.05 Å². The van der Waals surface area contributed by atoms with E-state index in [1.807, 2.05) is 0 Å². The van der Waals surface area contributed by atoms with Gasteiger partial charge < -0.3 is 14.9 Å². The number of ether oxygens (including phenoxy) is 1. The lowest BCUT2D eigenvalue weighted by molar-refractivity contribution is 0.392. The number of hydrogen-bond donors (Lipinski definition) is 1. The zero-order valence-corrected chi connectivity index (χ0v) is 7.76. The molecule has 0 bridgehead atoms. The Hall–Kier alpha value is -2.05. The second kappa shape index (κ2) is 3.02. The lowest BCUT2D eigenvalue weighted by Crippen LogP contribution is -1.89. The van der Waals surface area contributed by atoms with Crippen molar-refractivity contribution in [2.45, 2.75) is 0 Å². The Balaban J connectivity index is 2.49. The molecule has 0 amide bonds. The molecule has 0 fully saturated rings. The maximum Gasteiger partial charge on any atom is 0.313 e. The number of nitrogen functional groups attached to an aromatic ring is 1. The Kier molecular flexibility index (Phi) is 1.84. The molecule has 0 saturated heterocycles. The Morgan fingerprint density at radius 3 is 2.86 bits per heavy atom. The number of aryl methyl sites for hydroxylation is 1. The smallest absolute Gasteiger partial charge is 0.313 e. The van der Waals surface area contributed by atoms with E-state index in [2.05, 4.69) is 15.3 Å². The van der Waals surface area contributed by atoms with Crippen molar-refractivity contribution in [3.05, 3.63) is 6.20 Å². The van der Waals surface area contributed by atoms with Crippen LogP contribution >= 0.6 is 0 Å². The fraction of sp³-hybridized carbons (Fsp3) is 0.286. The third-order valence-electron chi connectivity index (χ3n) is 1.66. The predicted molar refractivity (Wildman–Crippen MR) is 47.5 cm³/mol. The largest absolute Gasteiger partial charge is 0.479 e. The molecule has 0 radical (unpaired) electrons. The Morgan fingerprint density at radius 1 is 1.50 bits per heavy atom. The minimum atomic E-state index is 0.0194. The van der Waals surface area contributed by atoms with Crippen LogP contribution < -0.4 is 10.5 Å². The van der Waals surface area contributed by atoms with E-state index >= 15 is 0 Å². The molecule has 7 nitrogen and oxygen atoms in total. The number of nitrogens with zero attached hydrogens (tertiary/aromatic N) is 4. The van der Waals surface area contributed by atoms with Crippen molar-refractivity contribution in [1.29, 1.82) is 0 Å². The van der Waals surface area contributed by atoms with Crippen molar-refractivity contribution in [3.63, 3.8) is 0 Å². The number of anilines is 1. The van der Waals surface area contributed by atoms with E-state index < -0.39 is 0 Å². The quantitative estimate of drug-likeness (QED) is 0.728. The van der Waals surface area contributed by atoms with Gasteiger partial charge in [0.05, 0.1) is 7.11 Å². The van der Waals surface area contributed by atoms with E-state index in [1.54, 1.807) is 17.9 Å². The molecule has 0 atom stereocenters. The van der Waals surface area contributed by atoms with Crippen LogP contribution in [0.3, 0.4) is 0 Å². The summed E-state index contributed by atoms with van der Waals surface area (Å²) in [7, 11) is 3.29. The molecular weight excluding hydrogens is 186 g/mol. The Labute approximate surface area is 79.5 Å². The summed E-state index contributed by atoms with van der Waals surface area (Å²) in [5, 5.41) is 11.3. The van der Waals surface area contributed by atoms with Crippen molar-refractivity contribution < 1.29 is 9.15 Å². The number of rotatable bonds is 2. The van der Waals surface area contributed by atoms with Gasteiger partial charge in [0.2, 0.25) is 5.88 Å². The minimum absolute atomic E-state index is 0.0194. The molecule has 0 spiro atoms. The second-order valence-electron chi connectivity index (χ2n) is 2.67. The van der Waals surface area contributed by atoms with Crippen LogP contribution in [0, 0.1) is 0 Å². The molecule has 74 valence electrons. The van der Waals surface area contributed by atoms with E-state index in [0.717, 1.165) is 0 Å². The normalized spacial score (nSPS) is 10.4. The zero-order chi connectivity index (χ0) is 10.1. The summed E-state index contributed by atoms with van der Waals surface area (Å²) in [5.74, 6) is 0.726. The average Bonchev–Trinajstić information content (AvgIpc) is 2.71. The van der Waals surface area contributed by atoms with Gasteiger partial charge in [0.25, 0.3) is 5.89 Å². The van der Waals surface area contributed by atoms with Crippen LogP contribution in [0.4, 0.5) is 6.01 Å². The van der Waals surface area contributed by atoms with Crippen molar-refractivity contribution in [2.24, 2.45) is 7.05 Å². The highest BCUT2D eigenvalue weighted by atomic mass is 16.5. The van der Waals surface area contributed by atoms with Gasteiger partial charge in [-0.25, -0.2) is 0 Å². The maximum absolute atomic E-state index is 5.31. The van der Waals surface area contributed by atoms with Crippen molar-refractivity contribution in [3.8, 4) is 17.3 Å². The highest BCUT2D eigenvalue weighted by Gasteiger charge is 2.15. The van der Waals surface area contributed by atoms with Gasteiger partial charge in [-0.05, 0) is 0 Å². The summed E-state index contributed by atoms with van der Waals surface area (Å²) in [6.45, 7) is 0. The molecule has 0 aromatic carbocycles. The van der Waals surface area contributed by atoms with Gasteiger partial charge in [0.15, 0.2) is 0 Å². The molecule has 0 saturated carbocycles. The summed E-state index contributed by atoms with van der Waals surface area (Å²) in [6, 6.07) is 0.0194. The standard InChI is InChI=1S/C7H9N5O2/c1-12-3-4(6(11-12)13-2)5-9-10-7(8)14-5/h3H,1-2H3,(H2,8,10). The Bertz CT molecular complexity index is 447. The van der Waals surface area contributed by atoms with Crippen LogP contribution in [0.25, 0.3) is 11.5 Å². The first-order chi connectivity index (χ1) is 6.70. The third kappa shape index (κ3) is 1.28. The van der Waals surface area contributed by atoms with Gasteiger partial charge in [-0.1, -0.05) is 5.10 Å². The molecule has 14 heavy (non-hydrogen) atoms. The van der Waals surface area contributed by atoms with Crippen molar-refractivity contribution >= 4 is 6.01 Å². The topological polar surface area (TPSA) is 92.0 Å². The first-order valence-electron chi connectivity index (χ1n) is 3.87. The van der Waals surface area contributed by atoms with E-state index in [-0.39, 0.29) is 6.01 Å². The summed E-state index contributed by atoms with van der Waals surface area (Å²) >= 11 is 0. The van der Waals surface area contributed by atoms with Gasteiger partial charge >= 0.3 is 6.01 Å². The van der Waals surface area contributed by atoms with E-state index in [9.17, 15) is 0 Å². The summed E-state index contributed by atoms with van der Waals surface area (Å²) < 4.78 is 11.7. The lowest BCUT2D eigenvalue weighted by Gasteiger charge is -1.93. The predicted octanol–water partition coefficient (Wildman–Crippen LogP) is 0.0609. The fourth-order valence-electron chi connectivity index (χ4n) is 1.11. The summed E-state index contributed by atoms with van der Waals surface area (Å²) in [6.07, 6.45) is 1.71. The van der Waals surface area contributed by atoms with Gasteiger partial charge in [-0.3, -0.25) is 4.68 Å². The van der Waals surface area contributed by atoms with Crippen molar-refractivity contribution in [1.82, 2.24) is 20.0 Å². The SMILES string of the molecule is COc1nn(C)cc1-c1nnc(N)o1. The van der Waals surface area contributed by atoms with Crippen LogP contribution in [0.2, 0.25) is 0 Å². The molecule has 2 heterocycles. The molecule has 7 heteroatoms. The first kappa shape index (κ1) is 8.54. The van der Waals surface area contributed by atoms with Crippen LogP contribution in [0.5, 0.6) is 5.88 Å². The van der Waals surface area contributed by atoms with E-state index in [0.29, 0.717) is 17.3 Å². The highest BCUT2D eigenvalue weighted by Crippen LogP contribution is 2.27. The monoisotopic (exact) mass is 195 g/mol. The molecule has 0 aliphatic heterocycles. The highest BCUT2D eigenvalue weighted by molar-refractivity contribution is 5.59. The Morgan fingerprint density at radius 2 is 2.29 bits per heavy atom. The van der Waals surface area contributed by atoms with Crippen molar-refractivity contribution in [2.75, 3.05) is 12.8 Å². The molecule has 2 N–H and O–H groups in total. The van der Waals surface area contributed by atoms with Gasteiger partial charge in [0.1, 0.15) is 5.56 Å². The molecule has 0 aliphatic rings. The number of nitrogens with two attached hydrogens (primary N) is 1. The van der Waals surface area contributed by atoms with Crippen LogP contribution in [0.1, 0.15) is 0 Å². The third-order valence-corrected chi connectivity index (χ3v) is 1.66. The van der Waals surface area contributed by atoms with Gasteiger partial charge in [-0.15, -0.1) is 10.2 Å². The molecule has 2 rings (SSSR count). The second-order valence-corrected chi connectivity index (χ2v) is 2.67. The fourth-order valence-corrected chi connectivity index (χ4v) is 1.11. The maximum atomic E-state index is 5.31. The molecule has 0 unspecified atom stereocenters. The van der Waals surface area contributed by atoms with Crippen LogP contribution in [0.15, 0.2) is 10.6 Å². The van der Waals surface area contributed by atoms with Gasteiger partial charge in [-0.2, -0.15) is 0 Å². The van der Waals surface area contributed by atoms with Crippen LogP contribution in [-0.4, -0.2) is 27.1 Å². The number of hydrogen-bond acceptors (Lipinski definition) is 6. The minimum Gasteiger partial charge on any atom is -0.479 e. The van der Waals surface area contributed by atoms with Gasteiger partial charge in [0, 0.05) is 13.2 Å². The molecule has 2 aromatic rings. The number of methoxy groups -OCH3 is 1. The zero-order valence-electron chi connectivity index (χ0n) is 7.76. The molecule has 2 aromatic heterocycles. The van der Waals surface area contributed by atoms with E-state index in [4.69, 9.17) is 14.9 Å². The molecular formula is C7H9N5O2. The molecule has 0 aliphatic carbocycles. The summed E-state index contributed by atoms with van der Waals surface area (Å²) in [5.41, 5.74) is 5.93. The number of aromatic nitrogens is 4. The lowest BCUT2D eigenvalue weighted by atomic mass is 10.3. The van der Waals surface area contributed by atoms with E-state index in [1.165, 1.54) is 7.11 Å².